The first-order chi connectivity index (χ1) is 5.09. The van der Waals surface area contributed by atoms with Gasteiger partial charge in [-0.2, -0.15) is 5.10 Å². The van der Waals surface area contributed by atoms with E-state index in [9.17, 15) is 0 Å². The minimum Gasteiger partial charge on any atom is -0.304 e. The third kappa shape index (κ3) is 1.94. The van der Waals surface area contributed by atoms with Crippen molar-refractivity contribution in [2.24, 2.45) is 7.05 Å². The van der Waals surface area contributed by atoms with E-state index in [0.29, 0.717) is 0 Å². The van der Waals surface area contributed by atoms with Crippen molar-refractivity contribution >= 4 is 5.82 Å². The van der Waals surface area contributed by atoms with Crippen molar-refractivity contribution in [3.05, 3.63) is 11.8 Å². The summed E-state index contributed by atoms with van der Waals surface area (Å²) in [6, 6.07) is 2.00. The fourth-order valence-corrected chi connectivity index (χ4v) is 0.944. The van der Waals surface area contributed by atoms with E-state index >= 15 is 0 Å². The van der Waals surface area contributed by atoms with E-state index in [1.165, 1.54) is 0 Å². The molecule has 1 heterocycles. The van der Waals surface area contributed by atoms with E-state index in [2.05, 4.69) is 10.5 Å². The van der Waals surface area contributed by atoms with E-state index < -0.39 is 0 Å². The number of hydrogen-bond acceptors (Lipinski definition) is 3. The quantitative estimate of drug-likeness (QED) is 0.634. The number of nitrogens with zero attached hydrogens (tertiary/aromatic N) is 3. The minimum atomic E-state index is 1.01. The summed E-state index contributed by atoms with van der Waals surface area (Å²) >= 11 is 0. The van der Waals surface area contributed by atoms with Crippen molar-refractivity contribution in [1.82, 2.24) is 14.8 Å². The highest BCUT2D eigenvalue weighted by Crippen LogP contribution is 2.07. The molecule has 4 heteroatoms. The Morgan fingerprint density at radius 2 is 2.18 bits per heavy atom. The third-order valence-electron chi connectivity index (χ3n) is 1.34. The molecule has 62 valence electrons. The summed E-state index contributed by atoms with van der Waals surface area (Å²) in [5.41, 5.74) is 4.15. The summed E-state index contributed by atoms with van der Waals surface area (Å²) in [7, 11) is 5.81. The smallest absolute Gasteiger partial charge is 0.138 e. The maximum Gasteiger partial charge on any atom is 0.138 e. The van der Waals surface area contributed by atoms with Crippen molar-refractivity contribution in [3.63, 3.8) is 0 Å². The largest absolute Gasteiger partial charge is 0.304 e. The van der Waals surface area contributed by atoms with Gasteiger partial charge in [-0.15, -0.1) is 0 Å². The van der Waals surface area contributed by atoms with Crippen molar-refractivity contribution in [3.8, 4) is 0 Å². The highest BCUT2D eigenvalue weighted by Gasteiger charge is 2.00. The first-order valence-corrected chi connectivity index (χ1v) is 3.54. The fourth-order valence-electron chi connectivity index (χ4n) is 0.944. The van der Waals surface area contributed by atoms with Gasteiger partial charge in [0, 0.05) is 27.2 Å². The maximum atomic E-state index is 4.19. The van der Waals surface area contributed by atoms with Crippen LogP contribution in [-0.4, -0.2) is 28.9 Å². The Hall–Kier alpha value is -1.03. The molecule has 0 radical (unpaired) electrons. The van der Waals surface area contributed by atoms with E-state index in [1.807, 2.05) is 43.8 Å². The van der Waals surface area contributed by atoms with Crippen LogP contribution in [0.5, 0.6) is 0 Å². The summed E-state index contributed by atoms with van der Waals surface area (Å²) < 4.78 is 1.81. The molecule has 0 amide bonds. The fraction of sp³-hybridized carbons (Fsp3) is 0.571. The molecule has 0 fully saturated rings. The standard InChI is InChI=1S/C7H14N4/c1-6-5-7(9-10(2)3)11(4)8-6/h5,9H,1-4H3. The monoisotopic (exact) mass is 154 g/mol. The Labute approximate surface area is 66.8 Å². The molecule has 0 saturated carbocycles. The zero-order chi connectivity index (χ0) is 8.43. The van der Waals surface area contributed by atoms with E-state index in [1.54, 1.807) is 0 Å². The number of hydrazine groups is 1. The zero-order valence-electron chi connectivity index (χ0n) is 7.42. The second-order valence-electron chi connectivity index (χ2n) is 2.80. The van der Waals surface area contributed by atoms with Crippen molar-refractivity contribution in [2.45, 2.75) is 6.92 Å². The minimum absolute atomic E-state index is 1.01. The molecule has 0 atom stereocenters. The van der Waals surface area contributed by atoms with Gasteiger partial charge in [-0.1, -0.05) is 0 Å². The van der Waals surface area contributed by atoms with Crippen LogP contribution in [0.1, 0.15) is 5.69 Å². The molecule has 0 aromatic carbocycles. The maximum absolute atomic E-state index is 4.19. The molecule has 1 aromatic heterocycles. The molecule has 11 heavy (non-hydrogen) atoms. The second kappa shape index (κ2) is 2.92. The first-order valence-electron chi connectivity index (χ1n) is 3.54. The van der Waals surface area contributed by atoms with Gasteiger partial charge < -0.3 is 5.43 Å². The Morgan fingerprint density at radius 1 is 1.55 bits per heavy atom. The van der Waals surface area contributed by atoms with Crippen LogP contribution >= 0.6 is 0 Å². The lowest BCUT2D eigenvalue weighted by Gasteiger charge is -2.12. The van der Waals surface area contributed by atoms with Crippen LogP contribution in [0, 0.1) is 6.92 Å². The number of rotatable bonds is 2. The summed E-state index contributed by atoms with van der Waals surface area (Å²) in [5.74, 6) is 1.01. The highest BCUT2D eigenvalue weighted by molar-refractivity contribution is 5.35. The number of aryl methyl sites for hydroxylation is 2. The first kappa shape index (κ1) is 8.07. The molecule has 0 spiro atoms. The van der Waals surface area contributed by atoms with Crippen LogP contribution in [0.4, 0.5) is 5.82 Å². The molecule has 0 aliphatic carbocycles. The third-order valence-corrected chi connectivity index (χ3v) is 1.34. The molecule has 0 aliphatic rings. The van der Waals surface area contributed by atoms with E-state index in [-0.39, 0.29) is 0 Å². The van der Waals surface area contributed by atoms with Crippen LogP contribution in [0.15, 0.2) is 6.07 Å². The highest BCUT2D eigenvalue weighted by atomic mass is 15.5. The van der Waals surface area contributed by atoms with Gasteiger partial charge >= 0.3 is 0 Å². The molecule has 4 nitrogen and oxygen atoms in total. The van der Waals surface area contributed by atoms with Crippen LogP contribution in [-0.2, 0) is 7.05 Å². The van der Waals surface area contributed by atoms with Crippen LogP contribution in [0.2, 0.25) is 0 Å². The SMILES string of the molecule is Cc1cc(NN(C)C)n(C)n1. The molecule has 0 bridgehead atoms. The van der Waals surface area contributed by atoms with Gasteiger partial charge in [0.2, 0.25) is 0 Å². The molecule has 1 rings (SSSR count). The molecule has 1 N–H and O–H groups in total. The molecule has 0 unspecified atom stereocenters. The van der Waals surface area contributed by atoms with Gasteiger partial charge in [0.15, 0.2) is 0 Å². The second-order valence-corrected chi connectivity index (χ2v) is 2.80. The average molecular weight is 154 g/mol. The molecule has 1 aromatic rings. The predicted molar refractivity (Wildman–Crippen MR) is 45.3 cm³/mol. The summed E-state index contributed by atoms with van der Waals surface area (Å²) in [5, 5.41) is 6.08. The van der Waals surface area contributed by atoms with Crippen molar-refractivity contribution in [2.75, 3.05) is 19.5 Å². The Kier molecular flexibility index (Phi) is 2.14. The summed E-state index contributed by atoms with van der Waals surface area (Å²) in [4.78, 5) is 0. The normalized spacial score (nSPS) is 10.6. The van der Waals surface area contributed by atoms with Crippen LogP contribution in [0.3, 0.4) is 0 Å². The Bertz CT molecular complexity index is 239. The Morgan fingerprint density at radius 3 is 2.55 bits per heavy atom. The van der Waals surface area contributed by atoms with Gasteiger partial charge in [0.05, 0.1) is 5.69 Å². The number of anilines is 1. The number of hydrogen-bond donors (Lipinski definition) is 1. The predicted octanol–water partition coefficient (Wildman–Crippen LogP) is 0.617. The molecule has 0 saturated heterocycles. The average Bonchev–Trinajstić information content (AvgIpc) is 2.09. The molecular formula is C7H14N4. The van der Waals surface area contributed by atoms with Gasteiger partial charge in [-0.3, -0.25) is 4.68 Å². The van der Waals surface area contributed by atoms with Crippen LogP contribution < -0.4 is 5.43 Å². The number of aromatic nitrogens is 2. The van der Waals surface area contributed by atoms with Gasteiger partial charge in [0.25, 0.3) is 0 Å². The summed E-state index contributed by atoms with van der Waals surface area (Å²) in [6.45, 7) is 1.97. The topological polar surface area (TPSA) is 33.1 Å². The zero-order valence-corrected chi connectivity index (χ0v) is 7.42. The van der Waals surface area contributed by atoms with E-state index in [0.717, 1.165) is 11.5 Å². The Balaban J connectivity index is 2.77. The number of nitrogens with one attached hydrogen (secondary N) is 1. The molecular weight excluding hydrogens is 140 g/mol. The lowest BCUT2D eigenvalue weighted by molar-refractivity contribution is 0.486. The van der Waals surface area contributed by atoms with Crippen LogP contribution in [0.25, 0.3) is 0 Å². The summed E-state index contributed by atoms with van der Waals surface area (Å²) in [6.07, 6.45) is 0. The van der Waals surface area contributed by atoms with Gasteiger partial charge in [-0.25, -0.2) is 5.01 Å². The molecule has 0 aliphatic heterocycles. The van der Waals surface area contributed by atoms with Gasteiger partial charge in [-0.05, 0) is 6.92 Å². The lowest BCUT2D eigenvalue weighted by Crippen LogP contribution is -2.21. The lowest BCUT2D eigenvalue weighted by atomic mass is 10.5. The van der Waals surface area contributed by atoms with E-state index in [4.69, 9.17) is 0 Å². The van der Waals surface area contributed by atoms with Gasteiger partial charge in [0.1, 0.15) is 5.82 Å². The van der Waals surface area contributed by atoms with Crippen molar-refractivity contribution < 1.29 is 0 Å². The van der Waals surface area contributed by atoms with Crippen molar-refractivity contribution in [1.29, 1.82) is 0 Å².